The molecule has 1 amide bonds. The quantitative estimate of drug-likeness (QED) is 0.689. The Morgan fingerprint density at radius 3 is 2.39 bits per heavy atom. The second kappa shape index (κ2) is 8.21. The summed E-state index contributed by atoms with van der Waals surface area (Å²) in [4.78, 5) is 24.9. The molecule has 0 saturated heterocycles. The van der Waals surface area contributed by atoms with Gasteiger partial charge in [0.1, 0.15) is 11.3 Å². The first-order valence-electron chi connectivity index (χ1n) is 9.19. The van der Waals surface area contributed by atoms with Crippen LogP contribution in [0.2, 0.25) is 0 Å². The van der Waals surface area contributed by atoms with E-state index in [9.17, 15) is 9.59 Å². The Labute approximate surface area is 162 Å². The number of hydrogen-bond donors (Lipinski definition) is 1. The van der Waals surface area contributed by atoms with Crippen molar-refractivity contribution in [2.75, 3.05) is 5.32 Å². The summed E-state index contributed by atoms with van der Waals surface area (Å²) in [6.07, 6.45) is 1.59. The minimum atomic E-state index is -0.616. The van der Waals surface area contributed by atoms with Crippen LogP contribution in [0.15, 0.2) is 44.0 Å². The molecular weight excluding hydrogens is 358 g/mol. The molecule has 7 nitrogen and oxygen atoms in total. The van der Waals surface area contributed by atoms with Crippen LogP contribution in [-0.2, 0) is 6.42 Å². The lowest BCUT2D eigenvalue weighted by Gasteiger charge is -2.09. The molecule has 0 bridgehead atoms. The first-order chi connectivity index (χ1) is 13.3. The van der Waals surface area contributed by atoms with Crippen molar-refractivity contribution in [2.24, 2.45) is 5.92 Å². The third-order valence-corrected chi connectivity index (χ3v) is 4.31. The van der Waals surface area contributed by atoms with Gasteiger partial charge in [0.05, 0.1) is 0 Å². The molecular formula is C21H23N3O4. The maximum Gasteiger partial charge on any atom is 0.349 e. The van der Waals surface area contributed by atoms with Crippen molar-refractivity contribution in [1.29, 1.82) is 0 Å². The zero-order chi connectivity index (χ0) is 20.3. The molecule has 0 radical (unpaired) electrons. The van der Waals surface area contributed by atoms with Gasteiger partial charge in [-0.3, -0.25) is 4.79 Å². The highest BCUT2D eigenvalue weighted by Gasteiger charge is 2.17. The van der Waals surface area contributed by atoms with Gasteiger partial charge in [-0.25, -0.2) is 4.79 Å². The van der Waals surface area contributed by atoms with Crippen LogP contribution >= 0.6 is 0 Å². The predicted octanol–water partition coefficient (Wildman–Crippen LogP) is 4.15. The molecule has 0 fully saturated rings. The summed E-state index contributed by atoms with van der Waals surface area (Å²) >= 11 is 0. The molecule has 1 aromatic carbocycles. The standard InChI is InChI=1S/C21H23N3O4/c1-12(2)5-10-17-11-13(3)18(21(26)28-17)19(25)22-16-8-6-15(7-9-16)20-24-23-14(4)27-20/h6-9,11-12H,5,10H2,1-4H3,(H,22,25). The van der Waals surface area contributed by atoms with Crippen LogP contribution in [0.3, 0.4) is 0 Å². The fraction of sp³-hybridized carbons (Fsp3) is 0.333. The number of nitrogens with zero attached hydrogens (tertiary/aromatic N) is 2. The number of carbonyl (C=O) groups is 1. The van der Waals surface area contributed by atoms with Gasteiger partial charge in [-0.15, -0.1) is 10.2 Å². The Bertz CT molecular complexity index is 1030. The van der Waals surface area contributed by atoms with E-state index in [-0.39, 0.29) is 5.56 Å². The summed E-state index contributed by atoms with van der Waals surface area (Å²) in [6.45, 7) is 7.67. The summed E-state index contributed by atoms with van der Waals surface area (Å²) in [6, 6.07) is 8.70. The highest BCUT2D eigenvalue weighted by molar-refractivity contribution is 6.04. The monoisotopic (exact) mass is 381 g/mol. The first-order valence-corrected chi connectivity index (χ1v) is 9.19. The highest BCUT2D eigenvalue weighted by atomic mass is 16.4. The van der Waals surface area contributed by atoms with E-state index in [0.717, 1.165) is 12.0 Å². The van der Waals surface area contributed by atoms with Crippen LogP contribution in [0.4, 0.5) is 5.69 Å². The van der Waals surface area contributed by atoms with Crippen molar-refractivity contribution in [1.82, 2.24) is 10.2 Å². The van der Waals surface area contributed by atoms with Crippen molar-refractivity contribution in [3.63, 3.8) is 0 Å². The molecule has 146 valence electrons. The Hall–Kier alpha value is -3.22. The average Bonchev–Trinajstić information content (AvgIpc) is 3.06. The van der Waals surface area contributed by atoms with Crippen molar-refractivity contribution >= 4 is 11.6 Å². The number of aryl methyl sites for hydroxylation is 3. The van der Waals surface area contributed by atoms with Gasteiger partial charge < -0.3 is 14.2 Å². The highest BCUT2D eigenvalue weighted by Crippen LogP contribution is 2.20. The number of anilines is 1. The largest absolute Gasteiger partial charge is 0.427 e. The van der Waals surface area contributed by atoms with Crippen molar-refractivity contribution < 1.29 is 13.6 Å². The van der Waals surface area contributed by atoms with Gasteiger partial charge in [-0.05, 0) is 55.2 Å². The maximum atomic E-state index is 12.6. The fourth-order valence-corrected chi connectivity index (χ4v) is 2.80. The molecule has 0 spiro atoms. The van der Waals surface area contributed by atoms with E-state index in [0.29, 0.717) is 41.1 Å². The third kappa shape index (κ3) is 4.54. The van der Waals surface area contributed by atoms with Crippen molar-refractivity contribution in [3.8, 4) is 11.5 Å². The first kappa shape index (κ1) is 19.5. The van der Waals surface area contributed by atoms with Gasteiger partial charge in [-0.1, -0.05) is 13.8 Å². The van der Waals surface area contributed by atoms with Gasteiger partial charge in [0, 0.05) is 24.6 Å². The van der Waals surface area contributed by atoms with Gasteiger partial charge >= 0.3 is 5.63 Å². The molecule has 2 aromatic heterocycles. The molecule has 0 aliphatic heterocycles. The molecule has 28 heavy (non-hydrogen) atoms. The Morgan fingerprint density at radius 2 is 1.82 bits per heavy atom. The topological polar surface area (TPSA) is 98.2 Å². The van der Waals surface area contributed by atoms with Gasteiger partial charge in [0.25, 0.3) is 5.91 Å². The number of nitrogens with one attached hydrogen (secondary N) is 1. The molecule has 2 heterocycles. The Balaban J connectivity index is 1.74. The summed E-state index contributed by atoms with van der Waals surface area (Å²) in [7, 11) is 0. The lowest BCUT2D eigenvalue weighted by Crippen LogP contribution is -2.23. The SMILES string of the molecule is Cc1nnc(-c2ccc(NC(=O)c3c(C)cc(CCC(C)C)oc3=O)cc2)o1. The van der Waals surface area contributed by atoms with Crippen LogP contribution in [0, 0.1) is 19.8 Å². The molecule has 1 N–H and O–H groups in total. The predicted molar refractivity (Wildman–Crippen MR) is 105 cm³/mol. The van der Waals surface area contributed by atoms with Crippen molar-refractivity contribution in [3.05, 3.63) is 63.5 Å². The number of benzene rings is 1. The number of carbonyl (C=O) groups excluding carboxylic acids is 1. The smallest absolute Gasteiger partial charge is 0.349 e. The van der Waals surface area contributed by atoms with Crippen LogP contribution in [-0.4, -0.2) is 16.1 Å². The second-order valence-electron chi connectivity index (χ2n) is 7.15. The molecule has 0 saturated carbocycles. The minimum absolute atomic E-state index is 0.0184. The zero-order valence-electron chi connectivity index (χ0n) is 16.4. The van der Waals surface area contributed by atoms with Crippen LogP contribution < -0.4 is 10.9 Å². The summed E-state index contributed by atoms with van der Waals surface area (Å²) in [5.74, 6) is 1.50. The van der Waals surface area contributed by atoms with E-state index < -0.39 is 11.5 Å². The number of aromatic nitrogens is 2. The van der Waals surface area contributed by atoms with Gasteiger partial charge in [-0.2, -0.15) is 0 Å². The normalized spacial score (nSPS) is 11.0. The number of rotatable bonds is 6. The van der Waals surface area contributed by atoms with Gasteiger partial charge in [0.2, 0.25) is 11.8 Å². The van der Waals surface area contributed by atoms with Crippen LogP contribution in [0.25, 0.3) is 11.5 Å². The molecule has 3 aromatic rings. The van der Waals surface area contributed by atoms with E-state index in [2.05, 4.69) is 29.4 Å². The lowest BCUT2D eigenvalue weighted by atomic mass is 10.0. The summed E-state index contributed by atoms with van der Waals surface area (Å²) in [5.41, 5.74) is 1.29. The molecule has 0 aliphatic carbocycles. The summed E-state index contributed by atoms with van der Waals surface area (Å²) in [5, 5.41) is 10.5. The zero-order valence-corrected chi connectivity index (χ0v) is 16.4. The number of hydrogen-bond acceptors (Lipinski definition) is 6. The summed E-state index contributed by atoms with van der Waals surface area (Å²) < 4.78 is 10.7. The average molecular weight is 381 g/mol. The molecule has 0 atom stereocenters. The fourth-order valence-electron chi connectivity index (χ4n) is 2.80. The molecule has 0 unspecified atom stereocenters. The van der Waals surface area contributed by atoms with E-state index >= 15 is 0 Å². The third-order valence-electron chi connectivity index (χ3n) is 4.31. The maximum absolute atomic E-state index is 12.6. The van der Waals surface area contributed by atoms with E-state index in [1.165, 1.54) is 0 Å². The number of amides is 1. The van der Waals surface area contributed by atoms with Crippen LogP contribution in [0.5, 0.6) is 0 Å². The Morgan fingerprint density at radius 1 is 1.11 bits per heavy atom. The Kier molecular flexibility index (Phi) is 5.73. The van der Waals surface area contributed by atoms with E-state index in [1.807, 2.05) is 0 Å². The van der Waals surface area contributed by atoms with E-state index in [1.54, 1.807) is 44.2 Å². The molecule has 7 heteroatoms. The van der Waals surface area contributed by atoms with Gasteiger partial charge in [0.15, 0.2) is 0 Å². The van der Waals surface area contributed by atoms with E-state index in [4.69, 9.17) is 8.83 Å². The lowest BCUT2D eigenvalue weighted by molar-refractivity contribution is 0.102. The van der Waals surface area contributed by atoms with Crippen molar-refractivity contribution in [2.45, 2.75) is 40.5 Å². The van der Waals surface area contributed by atoms with Crippen LogP contribution in [0.1, 0.15) is 47.8 Å². The molecule has 3 rings (SSSR count). The second-order valence-corrected chi connectivity index (χ2v) is 7.15. The minimum Gasteiger partial charge on any atom is -0.427 e. The molecule has 0 aliphatic rings.